The summed E-state index contributed by atoms with van der Waals surface area (Å²) in [4.78, 5) is 0.161. The molecule has 0 aromatic heterocycles. The Morgan fingerprint density at radius 3 is 2.78 bits per heavy atom. The van der Waals surface area contributed by atoms with Gasteiger partial charge in [0, 0.05) is 5.70 Å². The first-order valence-corrected chi connectivity index (χ1v) is 7.19. The van der Waals surface area contributed by atoms with Crippen LogP contribution in [-0.2, 0) is 16.6 Å². The molecule has 1 aromatic carbocycles. The lowest BCUT2D eigenvalue weighted by atomic mass is 10.2. The summed E-state index contributed by atoms with van der Waals surface area (Å²) in [6.45, 7) is -0.175. The van der Waals surface area contributed by atoms with Crippen molar-refractivity contribution in [2.75, 3.05) is 0 Å². The van der Waals surface area contributed by atoms with Gasteiger partial charge in [0.15, 0.2) is 0 Å². The summed E-state index contributed by atoms with van der Waals surface area (Å²) in [5.74, 6) is 0. The van der Waals surface area contributed by atoms with E-state index in [9.17, 15) is 8.42 Å². The molecule has 18 heavy (non-hydrogen) atoms. The van der Waals surface area contributed by atoms with Crippen LogP contribution in [0.4, 0.5) is 0 Å². The fourth-order valence-electron chi connectivity index (χ4n) is 1.71. The van der Waals surface area contributed by atoms with Crippen molar-refractivity contribution in [3.8, 4) is 0 Å². The second-order valence-corrected chi connectivity index (χ2v) is 5.73. The lowest BCUT2D eigenvalue weighted by molar-refractivity contribution is 0.281. The van der Waals surface area contributed by atoms with Crippen LogP contribution in [0.25, 0.3) is 0 Å². The Morgan fingerprint density at radius 1 is 1.28 bits per heavy atom. The van der Waals surface area contributed by atoms with E-state index in [0.29, 0.717) is 11.3 Å². The van der Waals surface area contributed by atoms with Gasteiger partial charge in [0.25, 0.3) is 10.0 Å². The van der Waals surface area contributed by atoms with Gasteiger partial charge < -0.3 is 5.11 Å². The molecule has 0 unspecified atom stereocenters. The summed E-state index contributed by atoms with van der Waals surface area (Å²) in [6, 6.07) is 6.27. The molecule has 1 aliphatic carbocycles. The molecule has 0 saturated carbocycles. The third kappa shape index (κ3) is 3.00. The Labute approximate surface area is 107 Å². The number of sulfonamides is 1. The van der Waals surface area contributed by atoms with Crippen LogP contribution in [0.2, 0.25) is 0 Å². The second kappa shape index (κ2) is 5.37. The number of nitrogens with one attached hydrogen (secondary N) is 1. The van der Waals surface area contributed by atoms with Crippen LogP contribution in [0, 0.1) is 0 Å². The Bertz CT molecular complexity index is 588. The van der Waals surface area contributed by atoms with Crippen molar-refractivity contribution in [2.24, 2.45) is 0 Å². The van der Waals surface area contributed by atoms with Gasteiger partial charge in [0.1, 0.15) is 0 Å². The van der Waals surface area contributed by atoms with E-state index in [1.54, 1.807) is 18.2 Å². The number of hydrogen-bond acceptors (Lipinski definition) is 3. The smallest absolute Gasteiger partial charge is 0.261 e. The van der Waals surface area contributed by atoms with Crippen LogP contribution in [0.15, 0.2) is 53.1 Å². The normalized spacial score (nSPS) is 15.3. The van der Waals surface area contributed by atoms with Gasteiger partial charge in [0.05, 0.1) is 11.5 Å². The highest BCUT2D eigenvalue weighted by Gasteiger charge is 2.15. The number of benzene rings is 1. The third-order valence-corrected chi connectivity index (χ3v) is 4.02. The number of aliphatic hydroxyl groups is 1. The summed E-state index contributed by atoms with van der Waals surface area (Å²) in [6.07, 6.45) is 7.32. The molecule has 0 heterocycles. The molecule has 0 spiro atoms. The minimum Gasteiger partial charge on any atom is -0.392 e. The fourth-order valence-corrected chi connectivity index (χ4v) is 2.86. The van der Waals surface area contributed by atoms with Gasteiger partial charge in [0.2, 0.25) is 0 Å². The molecule has 1 aromatic rings. The topological polar surface area (TPSA) is 66.4 Å². The van der Waals surface area contributed by atoms with E-state index in [1.165, 1.54) is 12.1 Å². The summed E-state index contributed by atoms with van der Waals surface area (Å²) < 4.78 is 26.7. The molecule has 0 aliphatic heterocycles. The number of rotatable bonds is 4. The maximum Gasteiger partial charge on any atom is 0.261 e. The zero-order valence-electron chi connectivity index (χ0n) is 9.83. The minimum atomic E-state index is -3.57. The Kier molecular flexibility index (Phi) is 3.84. The highest BCUT2D eigenvalue weighted by atomic mass is 32.2. The molecule has 2 N–H and O–H groups in total. The molecule has 5 heteroatoms. The number of aliphatic hydroxyl groups excluding tert-OH is 1. The largest absolute Gasteiger partial charge is 0.392 e. The molecule has 0 saturated heterocycles. The highest BCUT2D eigenvalue weighted by molar-refractivity contribution is 7.89. The molecule has 96 valence electrons. The highest BCUT2D eigenvalue weighted by Crippen LogP contribution is 2.15. The monoisotopic (exact) mass is 265 g/mol. The standard InChI is InChI=1S/C13H15NO3S/c15-10-11-5-4-8-13(9-11)18(16,17)14-12-6-2-1-3-7-12/h2,4-9,14-15H,1,3,10H2. The van der Waals surface area contributed by atoms with E-state index in [2.05, 4.69) is 4.72 Å². The lowest BCUT2D eigenvalue weighted by Gasteiger charge is -2.11. The van der Waals surface area contributed by atoms with Gasteiger partial charge in [-0.3, -0.25) is 4.72 Å². The SMILES string of the molecule is O=S(=O)(NC1=CCCC=C1)c1cccc(CO)c1. The van der Waals surface area contributed by atoms with Gasteiger partial charge in [-0.15, -0.1) is 0 Å². The van der Waals surface area contributed by atoms with Gasteiger partial charge >= 0.3 is 0 Å². The van der Waals surface area contributed by atoms with E-state index in [4.69, 9.17) is 5.11 Å². The van der Waals surface area contributed by atoms with Gasteiger partial charge in [-0.25, -0.2) is 8.42 Å². The first kappa shape index (κ1) is 12.9. The van der Waals surface area contributed by atoms with E-state index < -0.39 is 10.0 Å². The van der Waals surface area contributed by atoms with Crippen molar-refractivity contribution >= 4 is 10.0 Å². The fraction of sp³-hybridized carbons (Fsp3) is 0.231. The van der Waals surface area contributed by atoms with Crippen LogP contribution in [0.1, 0.15) is 18.4 Å². The van der Waals surface area contributed by atoms with Crippen molar-refractivity contribution in [3.63, 3.8) is 0 Å². The molecular weight excluding hydrogens is 250 g/mol. The van der Waals surface area contributed by atoms with Crippen LogP contribution in [0.3, 0.4) is 0 Å². The van der Waals surface area contributed by atoms with Crippen LogP contribution in [-0.4, -0.2) is 13.5 Å². The van der Waals surface area contributed by atoms with Crippen LogP contribution in [0.5, 0.6) is 0 Å². The van der Waals surface area contributed by atoms with Crippen molar-refractivity contribution < 1.29 is 13.5 Å². The Balaban J connectivity index is 2.24. The van der Waals surface area contributed by atoms with Crippen molar-refractivity contribution in [2.45, 2.75) is 24.3 Å². The lowest BCUT2D eigenvalue weighted by Crippen LogP contribution is -2.23. The third-order valence-electron chi connectivity index (χ3n) is 2.64. The quantitative estimate of drug-likeness (QED) is 0.870. The summed E-state index contributed by atoms with van der Waals surface area (Å²) in [7, 11) is -3.57. The van der Waals surface area contributed by atoms with Crippen molar-refractivity contribution in [1.82, 2.24) is 4.72 Å². The first-order chi connectivity index (χ1) is 8.62. The Morgan fingerprint density at radius 2 is 2.11 bits per heavy atom. The average Bonchev–Trinajstić information content (AvgIpc) is 2.39. The molecule has 0 amide bonds. The average molecular weight is 265 g/mol. The zero-order valence-corrected chi connectivity index (χ0v) is 10.7. The molecule has 2 rings (SSSR count). The molecule has 0 fully saturated rings. The van der Waals surface area contributed by atoms with E-state index >= 15 is 0 Å². The molecule has 0 bridgehead atoms. The van der Waals surface area contributed by atoms with Gasteiger partial charge in [-0.1, -0.05) is 24.3 Å². The predicted octanol–water partition coefficient (Wildman–Crippen LogP) is 1.69. The maximum absolute atomic E-state index is 12.1. The zero-order chi connectivity index (χ0) is 13.0. The van der Waals surface area contributed by atoms with Crippen LogP contribution < -0.4 is 4.72 Å². The Hall–Kier alpha value is -1.59. The molecule has 1 aliphatic rings. The molecule has 0 radical (unpaired) electrons. The van der Waals surface area contributed by atoms with E-state index in [0.717, 1.165) is 12.8 Å². The summed E-state index contributed by atoms with van der Waals surface area (Å²) >= 11 is 0. The predicted molar refractivity (Wildman–Crippen MR) is 69.1 cm³/mol. The van der Waals surface area contributed by atoms with Gasteiger partial charge in [-0.05, 0) is 36.6 Å². The van der Waals surface area contributed by atoms with Gasteiger partial charge in [-0.2, -0.15) is 0 Å². The van der Waals surface area contributed by atoms with E-state index in [1.807, 2.05) is 12.2 Å². The maximum atomic E-state index is 12.1. The minimum absolute atomic E-state index is 0.161. The number of allylic oxidation sites excluding steroid dienone is 3. The number of hydrogen-bond donors (Lipinski definition) is 2. The molecular formula is C13H15NO3S. The second-order valence-electron chi connectivity index (χ2n) is 4.05. The van der Waals surface area contributed by atoms with Crippen molar-refractivity contribution in [1.29, 1.82) is 0 Å². The first-order valence-electron chi connectivity index (χ1n) is 5.71. The summed E-state index contributed by atoms with van der Waals surface area (Å²) in [5.41, 5.74) is 1.17. The van der Waals surface area contributed by atoms with Crippen molar-refractivity contribution in [3.05, 3.63) is 53.8 Å². The molecule has 4 nitrogen and oxygen atoms in total. The molecule has 0 atom stereocenters. The van der Waals surface area contributed by atoms with Crippen LogP contribution >= 0.6 is 0 Å². The summed E-state index contributed by atoms with van der Waals surface area (Å²) in [5, 5.41) is 9.01. The van der Waals surface area contributed by atoms with E-state index in [-0.39, 0.29) is 11.5 Å².